The summed E-state index contributed by atoms with van der Waals surface area (Å²) >= 11 is 12.4. The lowest BCUT2D eigenvalue weighted by Gasteiger charge is -2.13. The lowest BCUT2D eigenvalue weighted by molar-refractivity contribution is 0.298. The van der Waals surface area contributed by atoms with Gasteiger partial charge in [0.2, 0.25) is 11.2 Å². The van der Waals surface area contributed by atoms with Gasteiger partial charge in [-0.15, -0.1) is 0 Å². The molecule has 0 fully saturated rings. The van der Waals surface area contributed by atoms with Crippen LogP contribution < -0.4 is 10.2 Å². The van der Waals surface area contributed by atoms with E-state index in [1.54, 1.807) is 30.3 Å². The first-order chi connectivity index (χ1) is 13.1. The maximum absolute atomic E-state index is 13.1. The molecule has 134 valence electrons. The fourth-order valence-corrected chi connectivity index (χ4v) is 3.23. The predicted octanol–water partition coefficient (Wildman–Crippen LogP) is 6.35. The number of fused-ring (bicyclic) bond motifs is 1. The third kappa shape index (κ3) is 3.57. The second-order valence-electron chi connectivity index (χ2n) is 5.98. The molecule has 0 N–H and O–H groups in total. The van der Waals surface area contributed by atoms with Crippen molar-refractivity contribution in [2.75, 3.05) is 0 Å². The molecule has 0 aliphatic carbocycles. The van der Waals surface area contributed by atoms with Crippen LogP contribution in [0.3, 0.4) is 0 Å². The van der Waals surface area contributed by atoms with Gasteiger partial charge < -0.3 is 9.15 Å². The molecular weight excluding hydrogens is 383 g/mol. The number of benzene rings is 3. The standard InChI is InChI=1S/C22H14Cl2O3/c23-15-10-11-19-17(12-15)20(25)22(26-13-14-6-2-1-3-7-14)21(27-19)16-8-4-5-9-18(16)24/h1-12H,13H2. The van der Waals surface area contributed by atoms with Gasteiger partial charge in [0, 0.05) is 10.6 Å². The van der Waals surface area contributed by atoms with Crippen molar-refractivity contribution >= 4 is 34.2 Å². The summed E-state index contributed by atoms with van der Waals surface area (Å²) in [6.45, 7) is 0.231. The van der Waals surface area contributed by atoms with Gasteiger partial charge in [-0.3, -0.25) is 4.79 Å². The van der Waals surface area contributed by atoms with Gasteiger partial charge in [-0.1, -0.05) is 65.7 Å². The van der Waals surface area contributed by atoms with Crippen LogP contribution in [0.1, 0.15) is 5.56 Å². The van der Waals surface area contributed by atoms with E-state index < -0.39 is 0 Å². The summed E-state index contributed by atoms with van der Waals surface area (Å²) in [5.74, 6) is 0.415. The Morgan fingerprint density at radius 2 is 1.63 bits per heavy atom. The van der Waals surface area contributed by atoms with Gasteiger partial charge in [-0.25, -0.2) is 0 Å². The Hall–Kier alpha value is -2.75. The van der Waals surface area contributed by atoms with E-state index in [4.69, 9.17) is 32.4 Å². The number of halogens is 2. The highest BCUT2D eigenvalue weighted by Crippen LogP contribution is 2.35. The molecule has 0 radical (unpaired) electrons. The van der Waals surface area contributed by atoms with E-state index in [0.717, 1.165) is 5.56 Å². The van der Waals surface area contributed by atoms with Gasteiger partial charge in [-0.05, 0) is 35.9 Å². The number of ether oxygens (including phenoxy) is 1. The van der Waals surface area contributed by atoms with Crippen molar-refractivity contribution in [1.29, 1.82) is 0 Å². The SMILES string of the molecule is O=c1c(OCc2ccccc2)c(-c2ccccc2Cl)oc2ccc(Cl)cc12. The third-order valence-corrected chi connectivity index (χ3v) is 4.72. The van der Waals surface area contributed by atoms with Crippen molar-refractivity contribution < 1.29 is 9.15 Å². The van der Waals surface area contributed by atoms with E-state index in [0.29, 0.717) is 32.3 Å². The maximum Gasteiger partial charge on any atom is 0.235 e. The Kier molecular flexibility index (Phi) is 4.88. The molecule has 0 aliphatic heterocycles. The van der Waals surface area contributed by atoms with Crippen molar-refractivity contribution in [3.05, 3.63) is 98.6 Å². The van der Waals surface area contributed by atoms with Crippen LogP contribution in [0, 0.1) is 0 Å². The van der Waals surface area contributed by atoms with Gasteiger partial charge >= 0.3 is 0 Å². The second-order valence-corrected chi connectivity index (χ2v) is 6.83. The quantitative estimate of drug-likeness (QED) is 0.403. The summed E-state index contributed by atoms with van der Waals surface area (Å²) < 4.78 is 11.9. The minimum Gasteiger partial charge on any atom is -0.481 e. The largest absolute Gasteiger partial charge is 0.481 e. The second kappa shape index (κ2) is 7.47. The van der Waals surface area contributed by atoms with Crippen LogP contribution in [0.2, 0.25) is 10.0 Å². The summed E-state index contributed by atoms with van der Waals surface area (Å²) in [7, 11) is 0. The molecule has 0 bridgehead atoms. The Morgan fingerprint density at radius 3 is 2.41 bits per heavy atom. The first-order valence-corrected chi connectivity index (χ1v) is 9.07. The molecule has 0 aliphatic rings. The fraction of sp³-hybridized carbons (Fsp3) is 0.0455. The normalized spacial score (nSPS) is 10.9. The maximum atomic E-state index is 13.1. The molecule has 4 rings (SSSR count). The highest BCUT2D eigenvalue weighted by Gasteiger charge is 2.20. The topological polar surface area (TPSA) is 39.4 Å². The first-order valence-electron chi connectivity index (χ1n) is 8.31. The monoisotopic (exact) mass is 396 g/mol. The van der Waals surface area contributed by atoms with Gasteiger partial charge in [0.1, 0.15) is 12.2 Å². The van der Waals surface area contributed by atoms with Crippen LogP contribution in [0.25, 0.3) is 22.3 Å². The van der Waals surface area contributed by atoms with Crippen molar-refractivity contribution in [3.8, 4) is 17.1 Å². The Balaban J connectivity index is 1.90. The van der Waals surface area contributed by atoms with Gasteiger partial charge in [0.05, 0.1) is 10.4 Å². The molecule has 0 saturated heterocycles. The minimum absolute atomic E-state index is 0.113. The zero-order chi connectivity index (χ0) is 18.8. The van der Waals surface area contributed by atoms with E-state index in [2.05, 4.69) is 0 Å². The summed E-state index contributed by atoms with van der Waals surface area (Å²) in [6, 6.07) is 21.7. The van der Waals surface area contributed by atoms with Crippen LogP contribution in [0.15, 0.2) is 82.0 Å². The summed E-state index contributed by atoms with van der Waals surface area (Å²) in [6.07, 6.45) is 0. The van der Waals surface area contributed by atoms with Crippen LogP contribution in [0.5, 0.6) is 5.75 Å². The Labute approximate surface area is 165 Å². The van der Waals surface area contributed by atoms with Crippen molar-refractivity contribution in [2.45, 2.75) is 6.61 Å². The van der Waals surface area contributed by atoms with Gasteiger partial charge in [0.25, 0.3) is 0 Å². The molecule has 0 atom stereocenters. The third-order valence-electron chi connectivity index (χ3n) is 4.16. The van der Waals surface area contributed by atoms with Crippen LogP contribution in [-0.4, -0.2) is 0 Å². The van der Waals surface area contributed by atoms with Crippen LogP contribution in [0.4, 0.5) is 0 Å². The van der Waals surface area contributed by atoms with E-state index in [1.807, 2.05) is 42.5 Å². The molecule has 0 spiro atoms. The smallest absolute Gasteiger partial charge is 0.235 e. The molecule has 0 saturated carbocycles. The first kappa shape index (κ1) is 17.7. The average Bonchev–Trinajstić information content (AvgIpc) is 2.69. The van der Waals surface area contributed by atoms with E-state index >= 15 is 0 Å². The number of hydrogen-bond donors (Lipinski definition) is 0. The fourth-order valence-electron chi connectivity index (χ4n) is 2.83. The van der Waals surface area contributed by atoms with Crippen molar-refractivity contribution in [2.24, 2.45) is 0 Å². The van der Waals surface area contributed by atoms with Crippen molar-refractivity contribution in [1.82, 2.24) is 0 Å². The number of hydrogen-bond acceptors (Lipinski definition) is 3. The lowest BCUT2D eigenvalue weighted by Crippen LogP contribution is -2.10. The van der Waals surface area contributed by atoms with E-state index in [9.17, 15) is 4.79 Å². The lowest BCUT2D eigenvalue weighted by atomic mass is 10.1. The van der Waals surface area contributed by atoms with E-state index in [1.165, 1.54) is 0 Å². The molecule has 1 aromatic heterocycles. The molecule has 27 heavy (non-hydrogen) atoms. The zero-order valence-corrected chi connectivity index (χ0v) is 15.6. The van der Waals surface area contributed by atoms with E-state index in [-0.39, 0.29) is 17.8 Å². The summed E-state index contributed by atoms with van der Waals surface area (Å²) in [5, 5.41) is 1.29. The summed E-state index contributed by atoms with van der Waals surface area (Å²) in [4.78, 5) is 13.1. The van der Waals surface area contributed by atoms with Crippen molar-refractivity contribution in [3.63, 3.8) is 0 Å². The molecular formula is C22H14Cl2O3. The molecule has 5 heteroatoms. The average molecular weight is 397 g/mol. The Morgan fingerprint density at radius 1 is 0.889 bits per heavy atom. The zero-order valence-electron chi connectivity index (χ0n) is 14.1. The number of rotatable bonds is 4. The molecule has 0 unspecified atom stereocenters. The molecule has 4 aromatic rings. The molecule has 0 amide bonds. The van der Waals surface area contributed by atoms with Gasteiger partial charge in [-0.2, -0.15) is 0 Å². The predicted molar refractivity (Wildman–Crippen MR) is 109 cm³/mol. The highest BCUT2D eigenvalue weighted by molar-refractivity contribution is 6.33. The van der Waals surface area contributed by atoms with Crippen LogP contribution in [-0.2, 0) is 6.61 Å². The minimum atomic E-state index is -0.287. The molecule has 1 heterocycles. The molecule has 3 aromatic carbocycles. The van der Waals surface area contributed by atoms with Gasteiger partial charge in [0.15, 0.2) is 5.76 Å². The molecule has 3 nitrogen and oxygen atoms in total. The van der Waals surface area contributed by atoms with Crippen LogP contribution >= 0.6 is 23.2 Å². The summed E-state index contributed by atoms with van der Waals surface area (Å²) in [5.41, 5.74) is 1.67. The Bertz CT molecular complexity index is 1170. The highest BCUT2D eigenvalue weighted by atomic mass is 35.5.